The van der Waals surface area contributed by atoms with Crippen molar-refractivity contribution in [2.24, 2.45) is 5.41 Å². The summed E-state index contributed by atoms with van der Waals surface area (Å²) in [5.41, 5.74) is -0.111. The zero-order valence-electron chi connectivity index (χ0n) is 11.8. The molecule has 1 unspecified atom stereocenters. The number of urea groups is 1. The van der Waals surface area contributed by atoms with E-state index in [0.717, 1.165) is 25.7 Å². The Morgan fingerprint density at radius 3 is 2.42 bits per heavy atom. The van der Waals surface area contributed by atoms with Gasteiger partial charge in [-0.1, -0.05) is 19.3 Å². The molecule has 0 aromatic rings. The minimum Gasteiger partial charge on any atom is -0.396 e. The van der Waals surface area contributed by atoms with Gasteiger partial charge in [0, 0.05) is 25.6 Å². The third-order valence-corrected chi connectivity index (χ3v) is 3.89. The first kappa shape index (κ1) is 15.9. The average molecular weight is 271 g/mol. The lowest BCUT2D eigenvalue weighted by atomic mass is 9.74. The van der Waals surface area contributed by atoms with Crippen molar-refractivity contribution < 1.29 is 14.7 Å². The van der Waals surface area contributed by atoms with Gasteiger partial charge in [-0.3, -0.25) is 10.1 Å². The Bertz CT molecular complexity index is 314. The number of imide groups is 1. The van der Waals surface area contributed by atoms with Gasteiger partial charge in [-0.05, 0) is 19.8 Å². The van der Waals surface area contributed by atoms with Crippen LogP contribution in [-0.2, 0) is 4.79 Å². The lowest BCUT2D eigenvalue weighted by molar-refractivity contribution is -0.121. The maximum atomic E-state index is 11.7. The molecule has 0 saturated heterocycles. The number of carbonyl (C=O) groups excluding carboxylic acids is 2. The fourth-order valence-corrected chi connectivity index (χ4v) is 2.44. The van der Waals surface area contributed by atoms with Crippen LogP contribution >= 0.6 is 0 Å². The summed E-state index contributed by atoms with van der Waals surface area (Å²) in [6.45, 7) is 2.46. The molecule has 0 aromatic carbocycles. The molecule has 4 N–H and O–H groups in total. The SMILES string of the molecule is CNC(=O)NC(=O)C(C)NCC1(CO)CCCCC1. The largest absolute Gasteiger partial charge is 0.396 e. The number of carbonyl (C=O) groups is 2. The quantitative estimate of drug-likeness (QED) is 0.581. The van der Waals surface area contributed by atoms with E-state index in [9.17, 15) is 14.7 Å². The first-order valence-corrected chi connectivity index (χ1v) is 6.90. The molecule has 0 heterocycles. The molecule has 0 aliphatic heterocycles. The van der Waals surface area contributed by atoms with Gasteiger partial charge in [-0.25, -0.2) is 4.79 Å². The zero-order valence-corrected chi connectivity index (χ0v) is 11.8. The van der Waals surface area contributed by atoms with Gasteiger partial charge in [0.2, 0.25) is 5.91 Å². The molecule has 1 saturated carbocycles. The van der Waals surface area contributed by atoms with Crippen molar-refractivity contribution >= 4 is 11.9 Å². The Kier molecular flexibility index (Phi) is 6.24. The van der Waals surface area contributed by atoms with Crippen LogP contribution in [0.3, 0.4) is 0 Å². The summed E-state index contributed by atoms with van der Waals surface area (Å²) in [6, 6.07) is -0.962. The first-order valence-electron chi connectivity index (χ1n) is 6.90. The fraction of sp³-hybridized carbons (Fsp3) is 0.846. The molecule has 0 radical (unpaired) electrons. The van der Waals surface area contributed by atoms with Crippen molar-refractivity contribution in [3.8, 4) is 0 Å². The topological polar surface area (TPSA) is 90.5 Å². The smallest absolute Gasteiger partial charge is 0.321 e. The van der Waals surface area contributed by atoms with Crippen LogP contribution in [0.2, 0.25) is 0 Å². The molecule has 110 valence electrons. The van der Waals surface area contributed by atoms with Crippen molar-refractivity contribution in [2.75, 3.05) is 20.2 Å². The van der Waals surface area contributed by atoms with Gasteiger partial charge in [0.15, 0.2) is 0 Å². The van der Waals surface area contributed by atoms with Crippen molar-refractivity contribution in [1.29, 1.82) is 0 Å². The third-order valence-electron chi connectivity index (χ3n) is 3.89. The highest BCUT2D eigenvalue weighted by Gasteiger charge is 2.32. The summed E-state index contributed by atoms with van der Waals surface area (Å²) >= 11 is 0. The Morgan fingerprint density at radius 2 is 1.89 bits per heavy atom. The highest BCUT2D eigenvalue weighted by atomic mass is 16.3. The molecule has 1 atom stereocenters. The molecule has 3 amide bonds. The molecule has 6 heteroatoms. The van der Waals surface area contributed by atoms with Crippen LogP contribution in [0.15, 0.2) is 0 Å². The van der Waals surface area contributed by atoms with E-state index in [4.69, 9.17) is 0 Å². The molecule has 0 spiro atoms. The minimum atomic E-state index is -0.506. The summed E-state index contributed by atoms with van der Waals surface area (Å²) in [5.74, 6) is -0.358. The van der Waals surface area contributed by atoms with E-state index in [-0.39, 0.29) is 17.9 Å². The van der Waals surface area contributed by atoms with E-state index in [1.807, 2.05) is 0 Å². The lowest BCUT2D eigenvalue weighted by Gasteiger charge is -2.36. The molecule has 0 bridgehead atoms. The van der Waals surface area contributed by atoms with E-state index in [1.165, 1.54) is 13.5 Å². The van der Waals surface area contributed by atoms with Crippen LogP contribution in [0.1, 0.15) is 39.0 Å². The predicted molar refractivity (Wildman–Crippen MR) is 72.7 cm³/mol. The second kappa shape index (κ2) is 7.45. The molecule has 1 aliphatic carbocycles. The second-order valence-electron chi connectivity index (χ2n) is 5.39. The number of hydrogen-bond donors (Lipinski definition) is 4. The van der Waals surface area contributed by atoms with Gasteiger partial charge in [0.05, 0.1) is 6.04 Å². The highest BCUT2D eigenvalue weighted by Crippen LogP contribution is 2.35. The van der Waals surface area contributed by atoms with Gasteiger partial charge in [-0.15, -0.1) is 0 Å². The Morgan fingerprint density at radius 1 is 1.26 bits per heavy atom. The Hall–Kier alpha value is -1.14. The first-order chi connectivity index (χ1) is 9.03. The van der Waals surface area contributed by atoms with E-state index in [1.54, 1.807) is 6.92 Å². The molecule has 6 nitrogen and oxygen atoms in total. The summed E-state index contributed by atoms with van der Waals surface area (Å²) in [6.07, 6.45) is 5.44. The summed E-state index contributed by atoms with van der Waals surface area (Å²) in [4.78, 5) is 22.7. The van der Waals surface area contributed by atoms with Crippen LogP contribution in [-0.4, -0.2) is 43.3 Å². The highest BCUT2D eigenvalue weighted by molar-refractivity contribution is 5.96. The van der Waals surface area contributed by atoms with Crippen molar-refractivity contribution in [1.82, 2.24) is 16.0 Å². The number of amides is 3. The van der Waals surface area contributed by atoms with Crippen LogP contribution in [0.25, 0.3) is 0 Å². The van der Waals surface area contributed by atoms with Gasteiger partial charge >= 0.3 is 6.03 Å². The second-order valence-corrected chi connectivity index (χ2v) is 5.39. The molecule has 0 aromatic heterocycles. The van der Waals surface area contributed by atoms with Crippen molar-refractivity contribution in [2.45, 2.75) is 45.1 Å². The summed E-state index contributed by atoms with van der Waals surface area (Å²) < 4.78 is 0. The monoisotopic (exact) mass is 271 g/mol. The fourth-order valence-electron chi connectivity index (χ4n) is 2.44. The summed E-state index contributed by atoms with van der Waals surface area (Å²) in [5, 5.41) is 17.3. The van der Waals surface area contributed by atoms with Crippen molar-refractivity contribution in [3.63, 3.8) is 0 Å². The van der Waals surface area contributed by atoms with Crippen LogP contribution < -0.4 is 16.0 Å². The zero-order chi connectivity index (χ0) is 14.3. The molecule has 1 aliphatic rings. The summed E-state index contributed by atoms with van der Waals surface area (Å²) in [7, 11) is 1.46. The number of rotatable bonds is 5. The molecule has 1 fully saturated rings. The number of aliphatic hydroxyl groups is 1. The molecular formula is C13H25N3O3. The minimum absolute atomic E-state index is 0.111. The van der Waals surface area contributed by atoms with Crippen LogP contribution in [0, 0.1) is 5.41 Å². The number of nitrogens with one attached hydrogen (secondary N) is 3. The van der Waals surface area contributed by atoms with E-state index in [0.29, 0.717) is 6.54 Å². The predicted octanol–water partition coefficient (Wildman–Crippen LogP) is 0.363. The van der Waals surface area contributed by atoms with Gasteiger partial charge in [-0.2, -0.15) is 0 Å². The average Bonchev–Trinajstić information content (AvgIpc) is 2.45. The molecule has 1 rings (SSSR count). The maximum absolute atomic E-state index is 11.7. The molecule has 19 heavy (non-hydrogen) atoms. The van der Waals surface area contributed by atoms with Gasteiger partial charge in [0.1, 0.15) is 0 Å². The standard InChI is InChI=1S/C13H25N3O3/c1-10(11(18)16-12(19)14-2)15-8-13(9-17)6-4-3-5-7-13/h10,15,17H,3-9H2,1-2H3,(H2,14,16,18,19). The third kappa shape index (κ3) is 4.80. The van der Waals surface area contributed by atoms with E-state index < -0.39 is 12.1 Å². The van der Waals surface area contributed by atoms with Gasteiger partial charge < -0.3 is 15.7 Å². The van der Waals surface area contributed by atoms with Crippen molar-refractivity contribution in [3.05, 3.63) is 0 Å². The number of aliphatic hydroxyl groups excluding tert-OH is 1. The van der Waals surface area contributed by atoms with Crippen LogP contribution in [0.5, 0.6) is 0 Å². The maximum Gasteiger partial charge on any atom is 0.321 e. The Labute approximate surface area is 114 Å². The lowest BCUT2D eigenvalue weighted by Crippen LogP contribution is -2.50. The molecular weight excluding hydrogens is 246 g/mol. The Balaban J connectivity index is 2.41. The van der Waals surface area contributed by atoms with E-state index >= 15 is 0 Å². The van der Waals surface area contributed by atoms with E-state index in [2.05, 4.69) is 16.0 Å². The normalized spacial score (nSPS) is 19.5. The number of hydrogen-bond acceptors (Lipinski definition) is 4. The van der Waals surface area contributed by atoms with Crippen LogP contribution in [0.4, 0.5) is 4.79 Å². The van der Waals surface area contributed by atoms with Gasteiger partial charge in [0.25, 0.3) is 0 Å².